The van der Waals surface area contributed by atoms with Crippen molar-refractivity contribution in [2.24, 2.45) is 4.99 Å². The number of fused-ring (bicyclic) bond motifs is 2. The lowest BCUT2D eigenvalue weighted by molar-refractivity contribution is 0.742. The molecule has 0 bridgehead atoms. The summed E-state index contributed by atoms with van der Waals surface area (Å²) in [7, 11) is 0. The molecule has 0 saturated heterocycles. The summed E-state index contributed by atoms with van der Waals surface area (Å²) in [5.41, 5.74) is 5.26. The van der Waals surface area contributed by atoms with Crippen LogP contribution in [-0.4, -0.2) is 19.0 Å². The van der Waals surface area contributed by atoms with Crippen LogP contribution in [-0.2, 0) is 0 Å². The molecule has 1 aliphatic heterocycles. The van der Waals surface area contributed by atoms with E-state index in [0.29, 0.717) is 5.56 Å². The Morgan fingerprint density at radius 2 is 1.91 bits per heavy atom. The Balaban J connectivity index is 1.87. The predicted molar refractivity (Wildman–Crippen MR) is 91.8 cm³/mol. The first-order valence-corrected chi connectivity index (χ1v) is 7.71. The highest BCUT2D eigenvalue weighted by atomic mass is 15.2. The molecular formula is C19H16N4. The van der Waals surface area contributed by atoms with Gasteiger partial charge in [0.2, 0.25) is 0 Å². The Morgan fingerprint density at radius 1 is 1.09 bits per heavy atom. The van der Waals surface area contributed by atoms with Crippen LogP contribution < -0.4 is 10.6 Å². The first-order valence-electron chi connectivity index (χ1n) is 7.71. The predicted octanol–water partition coefficient (Wildman–Crippen LogP) is 2.68. The van der Waals surface area contributed by atoms with Gasteiger partial charge in [0.25, 0.3) is 0 Å². The molecule has 4 nitrogen and oxygen atoms in total. The van der Waals surface area contributed by atoms with Gasteiger partial charge in [-0.05, 0) is 34.4 Å². The minimum atomic E-state index is -0.0335. The smallest absolute Gasteiger partial charge is 0.192 e. The third-order valence-electron chi connectivity index (χ3n) is 4.23. The number of guanidine groups is 1. The Bertz CT molecular complexity index is 858. The maximum atomic E-state index is 9.25. The number of nitriles is 1. The van der Waals surface area contributed by atoms with Crippen molar-refractivity contribution >= 4 is 18.1 Å². The molecule has 4 heteroatoms. The van der Waals surface area contributed by atoms with Crippen molar-refractivity contribution < 1.29 is 0 Å². The monoisotopic (exact) mass is 300 g/mol. The maximum absolute atomic E-state index is 9.25. The molecule has 0 fully saturated rings. The molecule has 1 aliphatic carbocycles. The molecule has 2 aliphatic rings. The third kappa shape index (κ3) is 2.47. The van der Waals surface area contributed by atoms with E-state index in [4.69, 9.17) is 0 Å². The van der Waals surface area contributed by atoms with Crippen LogP contribution in [0.25, 0.3) is 12.2 Å². The lowest BCUT2D eigenvalue weighted by Gasteiger charge is -2.23. The van der Waals surface area contributed by atoms with Gasteiger partial charge in [0, 0.05) is 6.54 Å². The average molecular weight is 300 g/mol. The maximum Gasteiger partial charge on any atom is 0.192 e. The molecular weight excluding hydrogens is 284 g/mol. The minimum Gasteiger partial charge on any atom is -0.355 e. The van der Waals surface area contributed by atoms with Gasteiger partial charge in [-0.15, -0.1) is 0 Å². The SMILES string of the molecule is N#Cc1ccc2c(c1)C(NC1=NCCN1)c1ccccc1C=C2. The summed E-state index contributed by atoms with van der Waals surface area (Å²) in [6.45, 7) is 1.65. The molecule has 0 saturated carbocycles. The highest BCUT2D eigenvalue weighted by Gasteiger charge is 2.23. The van der Waals surface area contributed by atoms with Crippen molar-refractivity contribution in [1.82, 2.24) is 10.6 Å². The van der Waals surface area contributed by atoms with Gasteiger partial charge in [-0.3, -0.25) is 4.99 Å². The van der Waals surface area contributed by atoms with Crippen LogP contribution in [0.15, 0.2) is 47.5 Å². The van der Waals surface area contributed by atoms with Crippen LogP contribution >= 0.6 is 0 Å². The van der Waals surface area contributed by atoms with Gasteiger partial charge in [-0.1, -0.05) is 42.5 Å². The van der Waals surface area contributed by atoms with Crippen LogP contribution in [0.2, 0.25) is 0 Å². The second kappa shape index (κ2) is 5.62. The number of aliphatic imine (C=N–C) groups is 1. The summed E-state index contributed by atoms with van der Waals surface area (Å²) in [6, 6.07) is 16.4. The number of nitrogens with zero attached hydrogens (tertiary/aromatic N) is 2. The Morgan fingerprint density at radius 3 is 2.70 bits per heavy atom. The van der Waals surface area contributed by atoms with Crippen LogP contribution in [0.5, 0.6) is 0 Å². The summed E-state index contributed by atoms with van der Waals surface area (Å²) >= 11 is 0. The van der Waals surface area contributed by atoms with Crippen molar-refractivity contribution in [2.75, 3.05) is 13.1 Å². The first-order chi connectivity index (χ1) is 11.3. The standard InChI is InChI=1S/C19H16N4/c20-12-13-5-6-15-8-7-14-3-1-2-4-16(14)18(17(15)11-13)23-19-21-9-10-22-19/h1-8,11,18H,9-10H2,(H2,21,22,23). The third-order valence-corrected chi connectivity index (χ3v) is 4.23. The van der Waals surface area contributed by atoms with E-state index in [0.717, 1.165) is 30.2 Å². The Labute approximate surface area is 135 Å². The summed E-state index contributed by atoms with van der Waals surface area (Å²) in [5.74, 6) is 0.819. The quantitative estimate of drug-likeness (QED) is 0.851. The van der Waals surface area contributed by atoms with Crippen molar-refractivity contribution in [3.05, 3.63) is 70.3 Å². The molecule has 0 radical (unpaired) electrons. The number of rotatable bonds is 1. The van der Waals surface area contributed by atoms with Crippen LogP contribution in [0, 0.1) is 11.3 Å². The molecule has 4 rings (SSSR count). The van der Waals surface area contributed by atoms with Gasteiger partial charge in [0.15, 0.2) is 5.96 Å². The van der Waals surface area contributed by atoms with Crippen molar-refractivity contribution in [2.45, 2.75) is 6.04 Å². The molecule has 112 valence electrons. The fourth-order valence-electron chi connectivity index (χ4n) is 3.11. The molecule has 2 N–H and O–H groups in total. The van der Waals surface area contributed by atoms with E-state index in [1.54, 1.807) is 0 Å². The zero-order chi connectivity index (χ0) is 15.6. The minimum absolute atomic E-state index is 0.0335. The summed E-state index contributed by atoms with van der Waals surface area (Å²) in [5, 5.41) is 16.0. The Kier molecular flexibility index (Phi) is 3.32. The topological polar surface area (TPSA) is 60.2 Å². The van der Waals surface area contributed by atoms with Gasteiger partial charge in [-0.25, -0.2) is 0 Å². The molecule has 0 aromatic heterocycles. The van der Waals surface area contributed by atoms with E-state index >= 15 is 0 Å². The molecule has 0 spiro atoms. The van der Waals surface area contributed by atoms with Crippen LogP contribution in [0.1, 0.15) is 33.9 Å². The van der Waals surface area contributed by atoms with Gasteiger partial charge in [-0.2, -0.15) is 5.26 Å². The fraction of sp³-hybridized carbons (Fsp3) is 0.158. The van der Waals surface area contributed by atoms with Gasteiger partial charge < -0.3 is 10.6 Å². The molecule has 23 heavy (non-hydrogen) atoms. The zero-order valence-electron chi connectivity index (χ0n) is 12.6. The largest absolute Gasteiger partial charge is 0.355 e. The number of nitrogens with one attached hydrogen (secondary N) is 2. The Hall–Kier alpha value is -3.06. The van der Waals surface area contributed by atoms with E-state index in [2.05, 4.69) is 46.0 Å². The summed E-state index contributed by atoms with van der Waals surface area (Å²) in [4.78, 5) is 4.46. The van der Waals surface area contributed by atoms with E-state index in [1.807, 2.05) is 30.3 Å². The lowest BCUT2D eigenvalue weighted by atomic mass is 9.93. The van der Waals surface area contributed by atoms with E-state index in [1.165, 1.54) is 11.1 Å². The average Bonchev–Trinajstić information content (AvgIpc) is 3.06. The van der Waals surface area contributed by atoms with E-state index in [-0.39, 0.29) is 6.04 Å². The normalized spacial score (nSPS) is 18.0. The number of benzene rings is 2. The van der Waals surface area contributed by atoms with Crippen molar-refractivity contribution in [3.8, 4) is 6.07 Å². The number of hydrogen-bond acceptors (Lipinski definition) is 4. The van der Waals surface area contributed by atoms with Crippen molar-refractivity contribution in [1.29, 1.82) is 5.26 Å². The van der Waals surface area contributed by atoms with Crippen LogP contribution in [0.4, 0.5) is 0 Å². The molecule has 2 aromatic carbocycles. The second-order valence-corrected chi connectivity index (χ2v) is 5.65. The van der Waals surface area contributed by atoms with Gasteiger partial charge in [0.1, 0.15) is 0 Å². The highest BCUT2D eigenvalue weighted by Crippen LogP contribution is 2.33. The molecule has 2 aromatic rings. The zero-order valence-corrected chi connectivity index (χ0v) is 12.6. The summed E-state index contributed by atoms with van der Waals surface area (Å²) in [6.07, 6.45) is 4.24. The fourth-order valence-corrected chi connectivity index (χ4v) is 3.11. The first kappa shape index (κ1) is 13.6. The molecule has 1 atom stereocenters. The molecule has 1 unspecified atom stereocenters. The number of hydrogen-bond donors (Lipinski definition) is 2. The van der Waals surface area contributed by atoms with Crippen molar-refractivity contribution in [3.63, 3.8) is 0 Å². The van der Waals surface area contributed by atoms with Gasteiger partial charge in [0.05, 0.1) is 24.2 Å². The molecule has 1 heterocycles. The van der Waals surface area contributed by atoms with Crippen LogP contribution in [0.3, 0.4) is 0 Å². The molecule has 0 amide bonds. The van der Waals surface area contributed by atoms with E-state index < -0.39 is 0 Å². The summed E-state index contributed by atoms with van der Waals surface area (Å²) < 4.78 is 0. The second-order valence-electron chi connectivity index (χ2n) is 5.65. The van der Waals surface area contributed by atoms with E-state index in [9.17, 15) is 5.26 Å². The highest BCUT2D eigenvalue weighted by molar-refractivity contribution is 5.84. The van der Waals surface area contributed by atoms with Gasteiger partial charge >= 0.3 is 0 Å². The lowest BCUT2D eigenvalue weighted by Crippen LogP contribution is -2.37.